The predicted octanol–water partition coefficient (Wildman–Crippen LogP) is 1.35. The normalized spacial score (nSPS) is 19.9. The minimum Gasteiger partial charge on any atom is -0.380 e. The van der Waals surface area contributed by atoms with Crippen molar-refractivity contribution in [1.82, 2.24) is 19.9 Å². The Morgan fingerprint density at radius 2 is 2.16 bits per heavy atom. The summed E-state index contributed by atoms with van der Waals surface area (Å²) in [5.74, 6) is 2.45. The molecule has 0 aromatic carbocycles. The first-order chi connectivity index (χ1) is 12.1. The number of hydrogen-bond acceptors (Lipinski definition) is 8. The lowest BCUT2D eigenvalue weighted by molar-refractivity contribution is 0.118. The summed E-state index contributed by atoms with van der Waals surface area (Å²) in [5, 5.41) is 3.34. The van der Waals surface area contributed by atoms with Crippen LogP contribution in [0.25, 0.3) is 0 Å². The van der Waals surface area contributed by atoms with Gasteiger partial charge in [0, 0.05) is 52.3 Å². The molecule has 0 unspecified atom stereocenters. The number of ether oxygens (including phenoxy) is 1. The third-order valence-electron chi connectivity index (χ3n) is 4.39. The van der Waals surface area contributed by atoms with Crippen molar-refractivity contribution in [3.63, 3.8) is 0 Å². The second-order valence-corrected chi connectivity index (χ2v) is 6.43. The van der Waals surface area contributed by atoms with Crippen LogP contribution in [-0.2, 0) is 4.74 Å². The van der Waals surface area contributed by atoms with Gasteiger partial charge in [-0.15, -0.1) is 0 Å². The monoisotopic (exact) mass is 343 g/mol. The fourth-order valence-corrected chi connectivity index (χ4v) is 3.00. The van der Waals surface area contributed by atoms with Gasteiger partial charge in [-0.1, -0.05) is 0 Å². The molecule has 0 radical (unpaired) electrons. The van der Waals surface area contributed by atoms with E-state index in [0.29, 0.717) is 5.95 Å². The first-order valence-corrected chi connectivity index (χ1v) is 8.39. The van der Waals surface area contributed by atoms with Gasteiger partial charge < -0.3 is 19.9 Å². The Morgan fingerprint density at radius 1 is 1.32 bits per heavy atom. The van der Waals surface area contributed by atoms with Crippen molar-refractivity contribution in [1.29, 1.82) is 0 Å². The molecule has 1 fully saturated rings. The molecule has 134 valence electrons. The van der Waals surface area contributed by atoms with Gasteiger partial charge in [-0.25, -0.2) is 19.9 Å². The van der Waals surface area contributed by atoms with E-state index in [2.05, 4.69) is 30.2 Å². The Balaban J connectivity index is 1.75. The highest BCUT2D eigenvalue weighted by atomic mass is 16.5. The van der Waals surface area contributed by atoms with Crippen LogP contribution in [-0.4, -0.2) is 66.4 Å². The molecule has 25 heavy (non-hydrogen) atoms. The van der Waals surface area contributed by atoms with E-state index in [1.165, 1.54) is 0 Å². The number of aromatic nitrogens is 4. The number of hydrogen-bond donors (Lipinski definition) is 1. The molecule has 2 atom stereocenters. The average molecular weight is 343 g/mol. The van der Waals surface area contributed by atoms with Crippen molar-refractivity contribution >= 4 is 17.6 Å². The standard InChI is InChI=1S/C17H25N7O/c1-12-5-6-18-17(22-12)19-9-13-7-14(25-4)10-24(13)16-8-15(23(2)3)20-11-21-16/h5-6,8,11,13-14H,7,9-10H2,1-4H3,(H,18,19,22)/t13-,14-/m1/s1. The van der Waals surface area contributed by atoms with Crippen LogP contribution in [0.15, 0.2) is 24.7 Å². The smallest absolute Gasteiger partial charge is 0.222 e. The zero-order valence-corrected chi connectivity index (χ0v) is 15.2. The number of nitrogens with one attached hydrogen (secondary N) is 1. The van der Waals surface area contributed by atoms with Crippen LogP contribution in [0.3, 0.4) is 0 Å². The lowest BCUT2D eigenvalue weighted by atomic mass is 10.2. The van der Waals surface area contributed by atoms with E-state index in [1.54, 1.807) is 19.6 Å². The molecule has 0 saturated carbocycles. The molecule has 3 rings (SSSR count). The quantitative estimate of drug-likeness (QED) is 0.842. The van der Waals surface area contributed by atoms with Crippen LogP contribution in [0.1, 0.15) is 12.1 Å². The fraction of sp³-hybridized carbons (Fsp3) is 0.529. The van der Waals surface area contributed by atoms with Crippen molar-refractivity contribution in [3.05, 3.63) is 30.4 Å². The van der Waals surface area contributed by atoms with Crippen LogP contribution in [0.2, 0.25) is 0 Å². The lowest BCUT2D eigenvalue weighted by Crippen LogP contribution is -2.36. The maximum atomic E-state index is 5.59. The van der Waals surface area contributed by atoms with Gasteiger partial charge in [0.2, 0.25) is 5.95 Å². The number of methoxy groups -OCH3 is 1. The average Bonchev–Trinajstić information content (AvgIpc) is 3.03. The van der Waals surface area contributed by atoms with Crippen molar-refractivity contribution in [3.8, 4) is 0 Å². The summed E-state index contributed by atoms with van der Waals surface area (Å²) < 4.78 is 5.59. The van der Waals surface area contributed by atoms with E-state index < -0.39 is 0 Å². The molecule has 0 aliphatic carbocycles. The Kier molecular flexibility index (Phi) is 5.28. The summed E-state index contributed by atoms with van der Waals surface area (Å²) in [6.07, 6.45) is 4.49. The number of rotatable bonds is 6. The molecule has 1 saturated heterocycles. The summed E-state index contributed by atoms with van der Waals surface area (Å²) in [5.41, 5.74) is 0.946. The van der Waals surface area contributed by atoms with E-state index >= 15 is 0 Å². The van der Waals surface area contributed by atoms with Crippen molar-refractivity contribution in [2.75, 3.05) is 49.4 Å². The molecular formula is C17H25N7O. The number of aryl methyl sites for hydroxylation is 1. The van der Waals surface area contributed by atoms with Gasteiger partial charge in [0.05, 0.1) is 12.1 Å². The van der Waals surface area contributed by atoms with Crippen LogP contribution < -0.4 is 15.1 Å². The Bertz CT molecular complexity index is 709. The Hall–Kier alpha value is -2.48. The zero-order chi connectivity index (χ0) is 17.8. The molecule has 8 nitrogen and oxygen atoms in total. The molecule has 2 aromatic heterocycles. The molecule has 8 heteroatoms. The Morgan fingerprint density at radius 3 is 2.88 bits per heavy atom. The summed E-state index contributed by atoms with van der Waals surface area (Å²) in [7, 11) is 5.71. The molecule has 0 bridgehead atoms. The van der Waals surface area contributed by atoms with Gasteiger partial charge in [0.1, 0.15) is 18.0 Å². The molecule has 0 spiro atoms. The van der Waals surface area contributed by atoms with E-state index in [4.69, 9.17) is 4.74 Å². The van der Waals surface area contributed by atoms with Gasteiger partial charge in [0.15, 0.2) is 0 Å². The summed E-state index contributed by atoms with van der Waals surface area (Å²) >= 11 is 0. The highest BCUT2D eigenvalue weighted by Crippen LogP contribution is 2.27. The van der Waals surface area contributed by atoms with E-state index in [1.807, 2.05) is 38.1 Å². The highest BCUT2D eigenvalue weighted by molar-refractivity contribution is 5.51. The molecule has 2 aromatic rings. The van der Waals surface area contributed by atoms with Gasteiger partial charge in [-0.3, -0.25) is 0 Å². The number of anilines is 3. The van der Waals surface area contributed by atoms with E-state index in [9.17, 15) is 0 Å². The summed E-state index contributed by atoms with van der Waals surface area (Å²) in [4.78, 5) is 21.7. The van der Waals surface area contributed by atoms with Crippen LogP contribution >= 0.6 is 0 Å². The maximum Gasteiger partial charge on any atom is 0.222 e. The first kappa shape index (κ1) is 17.3. The molecule has 1 aliphatic rings. The van der Waals surface area contributed by atoms with Gasteiger partial charge in [-0.2, -0.15) is 0 Å². The molecule has 1 N–H and O–H groups in total. The number of nitrogens with zero attached hydrogens (tertiary/aromatic N) is 6. The van der Waals surface area contributed by atoms with Crippen LogP contribution in [0.4, 0.5) is 17.6 Å². The highest BCUT2D eigenvalue weighted by Gasteiger charge is 2.33. The molecule has 1 aliphatic heterocycles. The van der Waals surface area contributed by atoms with E-state index in [0.717, 1.165) is 36.8 Å². The van der Waals surface area contributed by atoms with Gasteiger partial charge in [0.25, 0.3) is 0 Å². The predicted molar refractivity (Wildman–Crippen MR) is 98.2 cm³/mol. The second kappa shape index (κ2) is 7.60. The van der Waals surface area contributed by atoms with Crippen molar-refractivity contribution < 1.29 is 4.74 Å². The third kappa shape index (κ3) is 4.14. The topological polar surface area (TPSA) is 79.3 Å². The minimum atomic E-state index is 0.183. The maximum absolute atomic E-state index is 5.59. The van der Waals surface area contributed by atoms with Crippen molar-refractivity contribution in [2.45, 2.75) is 25.5 Å². The summed E-state index contributed by atoms with van der Waals surface area (Å²) in [6.45, 7) is 3.49. The SMILES string of the molecule is CO[C@@H]1C[C@H](CNc2nccc(C)n2)N(c2cc(N(C)C)ncn2)C1. The van der Waals surface area contributed by atoms with Crippen molar-refractivity contribution in [2.24, 2.45) is 0 Å². The third-order valence-corrected chi connectivity index (χ3v) is 4.39. The van der Waals surface area contributed by atoms with Gasteiger partial charge >= 0.3 is 0 Å². The molecular weight excluding hydrogens is 318 g/mol. The van der Waals surface area contributed by atoms with Gasteiger partial charge in [-0.05, 0) is 19.4 Å². The summed E-state index contributed by atoms with van der Waals surface area (Å²) in [6, 6.07) is 4.14. The van der Waals surface area contributed by atoms with E-state index in [-0.39, 0.29) is 12.1 Å². The lowest BCUT2D eigenvalue weighted by Gasteiger charge is -2.26. The minimum absolute atomic E-state index is 0.183. The first-order valence-electron chi connectivity index (χ1n) is 8.39. The van der Waals surface area contributed by atoms with Crippen LogP contribution in [0.5, 0.6) is 0 Å². The molecule has 0 amide bonds. The fourth-order valence-electron chi connectivity index (χ4n) is 3.00. The second-order valence-electron chi connectivity index (χ2n) is 6.43. The molecule has 3 heterocycles. The zero-order valence-electron chi connectivity index (χ0n) is 15.2. The van der Waals surface area contributed by atoms with Crippen LogP contribution in [0, 0.1) is 6.92 Å². The largest absolute Gasteiger partial charge is 0.380 e. The Labute approximate surface area is 148 Å².